The van der Waals surface area contributed by atoms with Gasteiger partial charge in [-0.05, 0) is 49.7 Å². The van der Waals surface area contributed by atoms with Gasteiger partial charge in [-0.2, -0.15) is 0 Å². The molecule has 1 spiro atoms. The molecule has 0 bridgehead atoms. The Labute approximate surface area is 130 Å². The molecular weight excluding hydrogens is 276 g/mol. The molecule has 1 saturated heterocycles. The molecule has 4 nitrogen and oxygen atoms in total. The normalized spacial score (nSPS) is 21.7. The molecule has 1 N–H and O–H groups in total. The maximum Gasteiger partial charge on any atom is 0.298 e. The van der Waals surface area contributed by atoms with E-state index in [1.165, 1.54) is 0 Å². The van der Waals surface area contributed by atoms with Crippen molar-refractivity contribution in [3.05, 3.63) is 30.3 Å². The molecule has 0 unspecified atom stereocenters. The summed E-state index contributed by atoms with van der Waals surface area (Å²) in [7, 11) is 0. The van der Waals surface area contributed by atoms with Crippen LogP contribution >= 0.6 is 0 Å². The number of nitrogens with one attached hydrogen (secondary N) is 1. The smallest absolute Gasteiger partial charge is 0.298 e. The molecule has 0 radical (unpaired) electrons. The number of hydrogen-bond donors (Lipinski definition) is 1. The predicted molar refractivity (Wildman–Crippen MR) is 84.9 cm³/mol. The fourth-order valence-electron chi connectivity index (χ4n) is 3.36. The van der Waals surface area contributed by atoms with Crippen molar-refractivity contribution >= 4 is 17.5 Å². The third kappa shape index (κ3) is 2.85. The lowest BCUT2D eigenvalue weighted by atomic mass is 9.90. The molecule has 1 heterocycles. The highest BCUT2D eigenvalue weighted by molar-refractivity contribution is 5.95. The Hall–Kier alpha value is -2.28. The van der Waals surface area contributed by atoms with Gasteiger partial charge in [0.1, 0.15) is 0 Å². The molecule has 1 aromatic carbocycles. The summed E-state index contributed by atoms with van der Waals surface area (Å²) >= 11 is 0. The van der Waals surface area contributed by atoms with Gasteiger partial charge in [-0.1, -0.05) is 24.1 Å². The molecule has 2 fully saturated rings. The minimum atomic E-state index is -0.0942. The lowest BCUT2D eigenvalue weighted by Gasteiger charge is -2.31. The van der Waals surface area contributed by atoms with Crippen molar-refractivity contribution in [1.29, 1.82) is 0 Å². The summed E-state index contributed by atoms with van der Waals surface area (Å²) in [4.78, 5) is 25.9. The topological polar surface area (TPSA) is 49.4 Å². The number of hydrogen-bond acceptors (Lipinski definition) is 2. The average Bonchev–Trinajstić information content (AvgIpc) is 3.23. The third-order valence-corrected chi connectivity index (χ3v) is 4.83. The van der Waals surface area contributed by atoms with Gasteiger partial charge in [-0.3, -0.25) is 9.59 Å². The highest BCUT2D eigenvalue weighted by atomic mass is 16.2. The molecule has 3 rings (SSSR count). The number of anilines is 1. The number of amides is 2. The van der Waals surface area contributed by atoms with Crippen LogP contribution < -0.4 is 5.32 Å². The SMILES string of the molecule is CC#CC(=O)N1CCC2(CC1)C[C@@H]2C(=O)Nc1ccccc1. The van der Waals surface area contributed by atoms with Crippen LogP contribution in [0.15, 0.2) is 30.3 Å². The monoisotopic (exact) mass is 296 g/mol. The molecule has 114 valence electrons. The summed E-state index contributed by atoms with van der Waals surface area (Å²) in [6.07, 6.45) is 2.74. The lowest BCUT2D eigenvalue weighted by molar-refractivity contribution is -0.126. The molecule has 1 aliphatic carbocycles. The van der Waals surface area contributed by atoms with E-state index in [9.17, 15) is 9.59 Å². The minimum absolute atomic E-state index is 0.0854. The van der Waals surface area contributed by atoms with Crippen LogP contribution in [0.4, 0.5) is 5.69 Å². The van der Waals surface area contributed by atoms with Gasteiger partial charge in [0.15, 0.2) is 0 Å². The lowest BCUT2D eigenvalue weighted by Crippen LogP contribution is -2.39. The number of carbonyl (C=O) groups excluding carboxylic acids is 2. The molecule has 22 heavy (non-hydrogen) atoms. The molecule has 1 aromatic rings. The maximum absolute atomic E-state index is 12.4. The van der Waals surface area contributed by atoms with Crippen molar-refractivity contribution in [3.8, 4) is 11.8 Å². The molecule has 0 aromatic heterocycles. The summed E-state index contributed by atoms with van der Waals surface area (Å²) in [6.45, 7) is 3.10. The zero-order valence-electron chi connectivity index (χ0n) is 12.8. The maximum atomic E-state index is 12.4. The summed E-state index contributed by atoms with van der Waals surface area (Å²) < 4.78 is 0. The van der Waals surface area contributed by atoms with Crippen molar-refractivity contribution in [2.75, 3.05) is 18.4 Å². The van der Waals surface area contributed by atoms with Gasteiger partial charge in [0, 0.05) is 24.7 Å². The van der Waals surface area contributed by atoms with Gasteiger partial charge in [0.05, 0.1) is 0 Å². The van der Waals surface area contributed by atoms with E-state index >= 15 is 0 Å². The molecule has 2 amide bonds. The summed E-state index contributed by atoms with van der Waals surface area (Å²) in [5, 5.41) is 2.99. The molecular formula is C18H20N2O2. The molecule has 1 saturated carbocycles. The molecule has 4 heteroatoms. The zero-order chi connectivity index (χ0) is 15.6. The highest BCUT2D eigenvalue weighted by Gasteiger charge is 2.58. The van der Waals surface area contributed by atoms with E-state index in [2.05, 4.69) is 17.2 Å². The van der Waals surface area contributed by atoms with Crippen LogP contribution in [0.3, 0.4) is 0 Å². The Morgan fingerprint density at radius 1 is 1.23 bits per heavy atom. The average molecular weight is 296 g/mol. The number of benzene rings is 1. The van der Waals surface area contributed by atoms with Crippen molar-refractivity contribution in [1.82, 2.24) is 4.90 Å². The first-order chi connectivity index (χ1) is 10.6. The number of rotatable bonds is 2. The largest absolute Gasteiger partial charge is 0.332 e. The standard InChI is InChI=1S/C18H20N2O2/c1-2-6-16(21)20-11-9-18(10-12-20)13-15(18)17(22)19-14-7-4-3-5-8-14/h3-5,7-8,15H,9-13H2,1H3,(H,19,22)/t15-/m1/s1. The summed E-state index contributed by atoms with van der Waals surface area (Å²) in [6, 6.07) is 9.56. The molecule has 1 aliphatic heterocycles. The number of likely N-dealkylation sites (tertiary alicyclic amines) is 1. The van der Waals surface area contributed by atoms with Crippen LogP contribution in [-0.2, 0) is 9.59 Å². The Balaban J connectivity index is 1.54. The van der Waals surface area contributed by atoms with Gasteiger partial charge in [0.2, 0.25) is 5.91 Å². The Kier molecular flexibility index (Phi) is 3.89. The second-order valence-electron chi connectivity index (χ2n) is 6.14. The van der Waals surface area contributed by atoms with Crippen molar-refractivity contribution < 1.29 is 9.59 Å². The van der Waals surface area contributed by atoms with Crippen LogP contribution in [0.2, 0.25) is 0 Å². The van der Waals surface area contributed by atoms with E-state index in [0.717, 1.165) is 24.9 Å². The van der Waals surface area contributed by atoms with E-state index in [4.69, 9.17) is 0 Å². The third-order valence-electron chi connectivity index (χ3n) is 4.83. The summed E-state index contributed by atoms with van der Waals surface area (Å²) in [5.41, 5.74) is 0.954. The van der Waals surface area contributed by atoms with E-state index in [1.54, 1.807) is 11.8 Å². The van der Waals surface area contributed by atoms with Crippen LogP contribution in [0.5, 0.6) is 0 Å². The van der Waals surface area contributed by atoms with Crippen molar-refractivity contribution in [3.63, 3.8) is 0 Å². The first kappa shape index (κ1) is 14.6. The van der Waals surface area contributed by atoms with E-state index < -0.39 is 0 Å². The fraction of sp³-hybridized carbons (Fsp3) is 0.444. The highest BCUT2D eigenvalue weighted by Crippen LogP contribution is 2.59. The Morgan fingerprint density at radius 3 is 2.55 bits per heavy atom. The first-order valence-electron chi connectivity index (χ1n) is 7.72. The number of carbonyl (C=O) groups is 2. The van der Waals surface area contributed by atoms with E-state index in [0.29, 0.717) is 13.1 Å². The molecule has 2 aliphatic rings. The van der Waals surface area contributed by atoms with E-state index in [-0.39, 0.29) is 23.1 Å². The fourth-order valence-corrected chi connectivity index (χ4v) is 3.36. The quantitative estimate of drug-likeness (QED) is 0.851. The van der Waals surface area contributed by atoms with Gasteiger partial charge in [-0.25, -0.2) is 0 Å². The van der Waals surface area contributed by atoms with Gasteiger partial charge in [0.25, 0.3) is 5.91 Å². The van der Waals surface area contributed by atoms with E-state index in [1.807, 2.05) is 30.3 Å². The predicted octanol–water partition coefficient (Wildman–Crippen LogP) is 2.28. The minimum Gasteiger partial charge on any atom is -0.332 e. The summed E-state index contributed by atoms with van der Waals surface area (Å²) in [5.74, 6) is 5.34. The number of para-hydroxylation sites is 1. The Morgan fingerprint density at radius 2 is 1.91 bits per heavy atom. The first-order valence-corrected chi connectivity index (χ1v) is 7.72. The number of nitrogens with zero attached hydrogens (tertiary/aromatic N) is 1. The van der Waals surface area contributed by atoms with Gasteiger partial charge >= 0.3 is 0 Å². The van der Waals surface area contributed by atoms with Crippen LogP contribution in [0, 0.1) is 23.2 Å². The second kappa shape index (κ2) is 5.84. The van der Waals surface area contributed by atoms with Crippen LogP contribution in [-0.4, -0.2) is 29.8 Å². The van der Waals surface area contributed by atoms with Gasteiger partial charge in [-0.15, -0.1) is 0 Å². The van der Waals surface area contributed by atoms with Gasteiger partial charge < -0.3 is 10.2 Å². The Bertz CT molecular complexity index is 634. The molecule has 1 atom stereocenters. The zero-order valence-corrected chi connectivity index (χ0v) is 12.8. The van der Waals surface area contributed by atoms with Crippen molar-refractivity contribution in [2.45, 2.75) is 26.2 Å². The van der Waals surface area contributed by atoms with Crippen LogP contribution in [0.25, 0.3) is 0 Å². The van der Waals surface area contributed by atoms with Crippen LogP contribution in [0.1, 0.15) is 26.2 Å². The number of piperidine rings is 1. The van der Waals surface area contributed by atoms with Crippen molar-refractivity contribution in [2.24, 2.45) is 11.3 Å². The second-order valence-corrected chi connectivity index (χ2v) is 6.14.